The van der Waals surface area contributed by atoms with Gasteiger partial charge in [-0.3, -0.25) is 4.79 Å². The fourth-order valence-electron chi connectivity index (χ4n) is 3.43. The molecule has 3 rings (SSSR count). The fraction of sp³-hybridized carbons (Fsp3) is 0.867. The monoisotopic (exact) mass is 264 g/mol. The summed E-state index contributed by atoms with van der Waals surface area (Å²) in [6.45, 7) is 7.43. The number of oxime groups is 1. The van der Waals surface area contributed by atoms with Crippen LogP contribution in [0.2, 0.25) is 0 Å². The van der Waals surface area contributed by atoms with Gasteiger partial charge in [0.15, 0.2) is 0 Å². The van der Waals surface area contributed by atoms with Gasteiger partial charge in [0.25, 0.3) is 0 Å². The molecule has 2 heterocycles. The van der Waals surface area contributed by atoms with Gasteiger partial charge in [0.05, 0.1) is 11.8 Å². The van der Waals surface area contributed by atoms with Crippen LogP contribution in [0.5, 0.6) is 0 Å². The predicted octanol–water partition coefficient (Wildman–Crippen LogP) is 2.43. The molecule has 2 aliphatic heterocycles. The van der Waals surface area contributed by atoms with Gasteiger partial charge < -0.3 is 9.74 Å². The number of amides is 1. The van der Waals surface area contributed by atoms with Crippen molar-refractivity contribution in [2.45, 2.75) is 58.6 Å². The van der Waals surface area contributed by atoms with Crippen LogP contribution in [-0.4, -0.2) is 35.2 Å². The lowest BCUT2D eigenvalue weighted by molar-refractivity contribution is -0.132. The summed E-state index contributed by atoms with van der Waals surface area (Å²) in [6, 6.07) is 0.201. The molecule has 0 aromatic carbocycles. The van der Waals surface area contributed by atoms with Crippen molar-refractivity contribution in [3.05, 3.63) is 0 Å². The van der Waals surface area contributed by atoms with Crippen LogP contribution in [0, 0.1) is 17.8 Å². The Morgan fingerprint density at radius 3 is 2.68 bits per heavy atom. The number of likely N-dealkylation sites (tertiary alicyclic amines) is 1. The summed E-state index contributed by atoms with van der Waals surface area (Å²) in [5.41, 5.74) is 1.10. The summed E-state index contributed by atoms with van der Waals surface area (Å²) in [6.07, 6.45) is 4.48. The van der Waals surface area contributed by atoms with Crippen LogP contribution < -0.4 is 0 Å². The molecule has 3 aliphatic rings. The van der Waals surface area contributed by atoms with E-state index < -0.39 is 0 Å². The van der Waals surface area contributed by atoms with Crippen LogP contribution in [0.4, 0.5) is 0 Å². The van der Waals surface area contributed by atoms with Crippen LogP contribution >= 0.6 is 0 Å². The highest BCUT2D eigenvalue weighted by molar-refractivity contribution is 5.96. The van der Waals surface area contributed by atoms with Crippen LogP contribution in [0.25, 0.3) is 0 Å². The van der Waals surface area contributed by atoms with Crippen molar-refractivity contribution in [2.24, 2.45) is 22.9 Å². The van der Waals surface area contributed by atoms with E-state index in [0.29, 0.717) is 23.7 Å². The van der Waals surface area contributed by atoms with E-state index in [1.54, 1.807) is 0 Å². The van der Waals surface area contributed by atoms with Gasteiger partial charge in [-0.2, -0.15) is 0 Å². The molecule has 0 radical (unpaired) electrons. The lowest BCUT2D eigenvalue weighted by Crippen LogP contribution is -2.44. The van der Waals surface area contributed by atoms with Gasteiger partial charge in [-0.1, -0.05) is 25.9 Å². The van der Waals surface area contributed by atoms with E-state index in [4.69, 9.17) is 4.84 Å². The highest BCUT2D eigenvalue weighted by Gasteiger charge is 2.44. The molecule has 4 heteroatoms. The molecule has 0 bridgehead atoms. The zero-order valence-corrected chi connectivity index (χ0v) is 12.1. The quantitative estimate of drug-likeness (QED) is 0.785. The predicted molar refractivity (Wildman–Crippen MR) is 73.8 cm³/mol. The van der Waals surface area contributed by atoms with E-state index in [2.05, 4.69) is 30.8 Å². The summed E-state index contributed by atoms with van der Waals surface area (Å²) < 4.78 is 0. The zero-order chi connectivity index (χ0) is 13.6. The maximum atomic E-state index is 12.3. The minimum absolute atomic E-state index is 0.175. The van der Waals surface area contributed by atoms with Crippen LogP contribution in [0.3, 0.4) is 0 Å². The molecule has 1 amide bonds. The zero-order valence-electron chi connectivity index (χ0n) is 12.1. The van der Waals surface area contributed by atoms with Crippen molar-refractivity contribution in [2.75, 3.05) is 6.54 Å². The van der Waals surface area contributed by atoms with Gasteiger partial charge in [-0.05, 0) is 31.6 Å². The smallest absolute Gasteiger partial charge is 0.226 e. The largest absolute Gasteiger partial charge is 0.392 e. The first kappa shape index (κ1) is 12.9. The first-order valence-corrected chi connectivity index (χ1v) is 7.63. The van der Waals surface area contributed by atoms with Gasteiger partial charge in [-0.25, -0.2) is 0 Å². The van der Waals surface area contributed by atoms with Crippen molar-refractivity contribution >= 4 is 11.6 Å². The van der Waals surface area contributed by atoms with E-state index in [0.717, 1.165) is 37.9 Å². The summed E-state index contributed by atoms with van der Waals surface area (Å²) in [4.78, 5) is 20.0. The Bertz CT molecular complexity index is 401. The molecular weight excluding hydrogens is 240 g/mol. The van der Waals surface area contributed by atoms with Crippen molar-refractivity contribution in [1.82, 2.24) is 4.90 Å². The molecule has 1 aliphatic carbocycles. The molecule has 3 atom stereocenters. The van der Waals surface area contributed by atoms with E-state index in [1.807, 2.05) is 0 Å². The van der Waals surface area contributed by atoms with Crippen LogP contribution in [0.1, 0.15) is 46.5 Å². The van der Waals surface area contributed by atoms with Crippen LogP contribution in [0.15, 0.2) is 5.16 Å². The third-order valence-corrected chi connectivity index (χ3v) is 4.70. The molecule has 0 spiro atoms. The Balaban J connectivity index is 1.72. The van der Waals surface area contributed by atoms with Gasteiger partial charge in [0.2, 0.25) is 5.91 Å². The standard InChI is InChI=1S/C15H24N2O2/c1-9(2)14-10(3)13(16-19-14)12-5-4-8-17(12)15(18)11-6-7-11/h9-12,14H,4-8H2,1-3H3. The van der Waals surface area contributed by atoms with E-state index >= 15 is 0 Å². The first-order chi connectivity index (χ1) is 9.09. The van der Waals surface area contributed by atoms with Crippen LogP contribution in [-0.2, 0) is 9.63 Å². The normalized spacial score (nSPS) is 34.6. The first-order valence-electron chi connectivity index (χ1n) is 7.63. The SMILES string of the molecule is CC(C)C1ON=C(C2CCCN2C(=O)C2CC2)C1C. The van der Waals surface area contributed by atoms with Crippen molar-refractivity contribution < 1.29 is 9.63 Å². The van der Waals surface area contributed by atoms with Crippen molar-refractivity contribution in [3.8, 4) is 0 Å². The molecule has 3 unspecified atom stereocenters. The molecule has 106 valence electrons. The average molecular weight is 264 g/mol. The second-order valence-corrected chi connectivity index (χ2v) is 6.58. The minimum Gasteiger partial charge on any atom is -0.392 e. The third kappa shape index (κ3) is 2.26. The maximum absolute atomic E-state index is 12.3. The summed E-state index contributed by atoms with van der Waals surface area (Å²) in [5.74, 6) is 1.45. The molecule has 19 heavy (non-hydrogen) atoms. The molecule has 2 fully saturated rings. The number of carbonyl (C=O) groups is 1. The number of nitrogens with zero attached hydrogens (tertiary/aromatic N) is 2. The lowest BCUT2D eigenvalue weighted by atomic mass is 9.88. The second-order valence-electron chi connectivity index (χ2n) is 6.58. The number of rotatable bonds is 3. The van der Waals surface area contributed by atoms with E-state index in [1.165, 1.54) is 0 Å². The number of hydrogen-bond donors (Lipinski definition) is 0. The van der Waals surface area contributed by atoms with Gasteiger partial charge >= 0.3 is 0 Å². The Labute approximate surface area is 115 Å². The Morgan fingerprint density at radius 1 is 1.37 bits per heavy atom. The molecular formula is C15H24N2O2. The minimum atomic E-state index is 0.175. The van der Waals surface area contributed by atoms with Crippen molar-refractivity contribution in [1.29, 1.82) is 0 Å². The van der Waals surface area contributed by atoms with E-state index in [9.17, 15) is 4.79 Å². The Kier molecular flexibility index (Phi) is 3.27. The topological polar surface area (TPSA) is 41.9 Å². The van der Waals surface area contributed by atoms with E-state index in [-0.39, 0.29) is 12.1 Å². The van der Waals surface area contributed by atoms with Gasteiger partial charge in [0, 0.05) is 18.4 Å². The summed E-state index contributed by atoms with van der Waals surface area (Å²) in [5, 5.41) is 4.34. The number of carbonyl (C=O) groups excluding carboxylic acids is 1. The second kappa shape index (κ2) is 4.80. The maximum Gasteiger partial charge on any atom is 0.226 e. The summed E-state index contributed by atoms with van der Waals surface area (Å²) >= 11 is 0. The average Bonchev–Trinajstić information content (AvgIpc) is 2.98. The third-order valence-electron chi connectivity index (χ3n) is 4.70. The molecule has 0 aromatic heterocycles. The Morgan fingerprint density at radius 2 is 2.11 bits per heavy atom. The Hall–Kier alpha value is -1.06. The molecule has 1 saturated carbocycles. The van der Waals surface area contributed by atoms with Crippen molar-refractivity contribution in [3.63, 3.8) is 0 Å². The molecule has 4 nitrogen and oxygen atoms in total. The highest BCUT2D eigenvalue weighted by Crippen LogP contribution is 2.36. The fourth-order valence-corrected chi connectivity index (χ4v) is 3.43. The molecule has 0 aromatic rings. The lowest BCUT2D eigenvalue weighted by Gasteiger charge is -2.27. The van der Waals surface area contributed by atoms with Gasteiger partial charge in [0.1, 0.15) is 6.10 Å². The number of hydrogen-bond acceptors (Lipinski definition) is 3. The van der Waals surface area contributed by atoms with Gasteiger partial charge in [-0.15, -0.1) is 0 Å². The highest BCUT2D eigenvalue weighted by atomic mass is 16.6. The molecule has 0 N–H and O–H groups in total. The molecule has 1 saturated heterocycles. The summed E-state index contributed by atoms with van der Waals surface area (Å²) in [7, 11) is 0.